The monoisotopic (exact) mass is 237 g/mol. The van der Waals surface area contributed by atoms with Crippen molar-refractivity contribution in [3.8, 4) is 11.5 Å². The van der Waals surface area contributed by atoms with Gasteiger partial charge in [-0.2, -0.15) is 0 Å². The van der Waals surface area contributed by atoms with Gasteiger partial charge in [-0.15, -0.1) is 0 Å². The zero-order chi connectivity index (χ0) is 12.2. The van der Waals surface area contributed by atoms with Crippen LogP contribution in [0.4, 0.5) is 0 Å². The van der Waals surface area contributed by atoms with E-state index in [1.54, 1.807) is 0 Å². The van der Waals surface area contributed by atoms with Crippen LogP contribution in [0.2, 0.25) is 0 Å². The lowest BCUT2D eigenvalue weighted by molar-refractivity contribution is 0.482. The number of para-hydroxylation sites is 1. The summed E-state index contributed by atoms with van der Waals surface area (Å²) < 4.78 is 5.82. The molecular formula is C16H15NO. The van der Waals surface area contributed by atoms with E-state index in [2.05, 4.69) is 17.1 Å². The standard InChI is InChI=1S/C16H15NO/c1-2-7-14(8-3-1)18-15-9-4-6-13(12-15)16-10-5-11-17-16/h1-4,6-9,12H,5,10-11H2. The molecule has 0 atom stereocenters. The minimum Gasteiger partial charge on any atom is -0.457 e. The molecule has 2 nitrogen and oxygen atoms in total. The lowest BCUT2D eigenvalue weighted by Crippen LogP contribution is -1.96. The third-order valence-corrected chi connectivity index (χ3v) is 3.02. The smallest absolute Gasteiger partial charge is 0.128 e. The van der Waals surface area contributed by atoms with Crippen LogP contribution >= 0.6 is 0 Å². The molecule has 3 rings (SSSR count). The van der Waals surface area contributed by atoms with E-state index in [9.17, 15) is 0 Å². The topological polar surface area (TPSA) is 21.6 Å². The zero-order valence-electron chi connectivity index (χ0n) is 10.2. The largest absolute Gasteiger partial charge is 0.457 e. The molecule has 1 aliphatic rings. The van der Waals surface area contributed by atoms with E-state index in [1.165, 1.54) is 17.7 Å². The van der Waals surface area contributed by atoms with Crippen molar-refractivity contribution < 1.29 is 4.74 Å². The highest BCUT2D eigenvalue weighted by molar-refractivity contribution is 6.01. The maximum absolute atomic E-state index is 5.82. The Kier molecular flexibility index (Phi) is 3.09. The van der Waals surface area contributed by atoms with Crippen molar-refractivity contribution in [1.29, 1.82) is 0 Å². The van der Waals surface area contributed by atoms with Crippen molar-refractivity contribution in [2.45, 2.75) is 12.8 Å². The lowest BCUT2D eigenvalue weighted by atomic mass is 10.1. The Labute approximate surface area is 107 Å². The molecule has 1 heterocycles. The minimum atomic E-state index is 0.864. The Morgan fingerprint density at radius 3 is 2.50 bits per heavy atom. The Morgan fingerprint density at radius 1 is 0.889 bits per heavy atom. The van der Waals surface area contributed by atoms with E-state index in [0.717, 1.165) is 24.5 Å². The van der Waals surface area contributed by atoms with E-state index in [-0.39, 0.29) is 0 Å². The number of hydrogen-bond donors (Lipinski definition) is 0. The van der Waals surface area contributed by atoms with Gasteiger partial charge in [0, 0.05) is 12.3 Å². The third-order valence-electron chi connectivity index (χ3n) is 3.02. The average molecular weight is 237 g/mol. The molecule has 0 unspecified atom stereocenters. The number of ether oxygens (including phenoxy) is 1. The van der Waals surface area contributed by atoms with Gasteiger partial charge < -0.3 is 4.74 Å². The fourth-order valence-corrected chi connectivity index (χ4v) is 2.14. The molecule has 0 aromatic heterocycles. The summed E-state index contributed by atoms with van der Waals surface area (Å²) in [5, 5.41) is 0. The molecule has 0 aliphatic carbocycles. The molecule has 0 bridgehead atoms. The van der Waals surface area contributed by atoms with Crippen LogP contribution in [0.5, 0.6) is 11.5 Å². The van der Waals surface area contributed by atoms with Gasteiger partial charge in [0.05, 0.1) is 0 Å². The summed E-state index contributed by atoms with van der Waals surface area (Å²) in [4.78, 5) is 4.52. The molecule has 18 heavy (non-hydrogen) atoms. The quantitative estimate of drug-likeness (QED) is 0.788. The molecule has 2 aromatic carbocycles. The van der Waals surface area contributed by atoms with Crippen molar-refractivity contribution in [2.24, 2.45) is 4.99 Å². The van der Waals surface area contributed by atoms with Crippen LogP contribution < -0.4 is 4.74 Å². The normalized spacial score (nSPS) is 14.3. The van der Waals surface area contributed by atoms with Gasteiger partial charge in [-0.25, -0.2) is 0 Å². The van der Waals surface area contributed by atoms with Crippen LogP contribution in [0.3, 0.4) is 0 Å². The van der Waals surface area contributed by atoms with Crippen LogP contribution in [-0.2, 0) is 0 Å². The van der Waals surface area contributed by atoms with E-state index < -0.39 is 0 Å². The van der Waals surface area contributed by atoms with Crippen molar-refractivity contribution in [2.75, 3.05) is 6.54 Å². The first-order valence-electron chi connectivity index (χ1n) is 6.28. The summed E-state index contributed by atoms with van der Waals surface area (Å²) >= 11 is 0. The molecule has 2 heteroatoms. The molecule has 0 saturated carbocycles. The third kappa shape index (κ3) is 2.43. The fourth-order valence-electron chi connectivity index (χ4n) is 2.14. The Hall–Kier alpha value is -2.09. The molecule has 0 saturated heterocycles. The van der Waals surface area contributed by atoms with Crippen LogP contribution in [0.25, 0.3) is 0 Å². The molecule has 0 N–H and O–H groups in total. The van der Waals surface area contributed by atoms with Crippen molar-refractivity contribution in [3.05, 3.63) is 60.2 Å². The van der Waals surface area contributed by atoms with Gasteiger partial charge in [0.2, 0.25) is 0 Å². The molecule has 1 aliphatic heterocycles. The summed E-state index contributed by atoms with van der Waals surface area (Å²) in [7, 11) is 0. The molecule has 0 radical (unpaired) electrons. The first kappa shape index (κ1) is 11.0. The summed E-state index contributed by atoms with van der Waals surface area (Å²) in [5.74, 6) is 1.73. The molecule has 90 valence electrons. The van der Waals surface area contributed by atoms with E-state index >= 15 is 0 Å². The highest BCUT2D eigenvalue weighted by Gasteiger charge is 2.09. The number of benzene rings is 2. The van der Waals surface area contributed by atoms with Gasteiger partial charge in [-0.05, 0) is 42.7 Å². The highest BCUT2D eigenvalue weighted by Crippen LogP contribution is 2.23. The van der Waals surface area contributed by atoms with Crippen LogP contribution in [0, 0.1) is 0 Å². The fraction of sp³-hybridized carbons (Fsp3) is 0.188. The van der Waals surface area contributed by atoms with Gasteiger partial charge in [-0.3, -0.25) is 4.99 Å². The summed E-state index contributed by atoms with van der Waals surface area (Å²) in [6, 6.07) is 18.0. The second-order valence-corrected chi connectivity index (χ2v) is 4.37. The summed E-state index contributed by atoms with van der Waals surface area (Å²) in [6.45, 7) is 0.957. The lowest BCUT2D eigenvalue weighted by Gasteiger charge is -2.07. The molecule has 0 amide bonds. The first-order chi connectivity index (χ1) is 8.92. The Balaban J connectivity index is 1.83. The number of hydrogen-bond acceptors (Lipinski definition) is 2. The van der Waals surface area contributed by atoms with Crippen molar-refractivity contribution in [3.63, 3.8) is 0 Å². The minimum absolute atomic E-state index is 0.864. The second-order valence-electron chi connectivity index (χ2n) is 4.37. The van der Waals surface area contributed by atoms with E-state index in [4.69, 9.17) is 4.74 Å². The first-order valence-corrected chi connectivity index (χ1v) is 6.28. The summed E-state index contributed by atoms with van der Waals surface area (Å²) in [6.07, 6.45) is 2.24. The number of nitrogens with zero attached hydrogens (tertiary/aromatic N) is 1. The maximum atomic E-state index is 5.82. The van der Waals surface area contributed by atoms with Gasteiger partial charge in [0.25, 0.3) is 0 Å². The predicted molar refractivity (Wildman–Crippen MR) is 73.6 cm³/mol. The van der Waals surface area contributed by atoms with E-state index in [1.807, 2.05) is 42.5 Å². The van der Waals surface area contributed by atoms with Gasteiger partial charge >= 0.3 is 0 Å². The molecule has 0 spiro atoms. The van der Waals surface area contributed by atoms with Crippen LogP contribution in [0.15, 0.2) is 59.6 Å². The molecule has 2 aromatic rings. The van der Waals surface area contributed by atoms with Gasteiger partial charge in [-0.1, -0.05) is 30.3 Å². The Morgan fingerprint density at radius 2 is 1.72 bits per heavy atom. The Bertz CT molecular complexity index is 560. The van der Waals surface area contributed by atoms with Crippen LogP contribution in [0.1, 0.15) is 18.4 Å². The van der Waals surface area contributed by atoms with Crippen LogP contribution in [-0.4, -0.2) is 12.3 Å². The van der Waals surface area contributed by atoms with Crippen molar-refractivity contribution >= 4 is 5.71 Å². The molecule has 0 fully saturated rings. The molecular weight excluding hydrogens is 222 g/mol. The summed E-state index contributed by atoms with van der Waals surface area (Å²) in [5.41, 5.74) is 2.38. The zero-order valence-corrected chi connectivity index (χ0v) is 10.2. The van der Waals surface area contributed by atoms with E-state index in [0.29, 0.717) is 0 Å². The van der Waals surface area contributed by atoms with Crippen molar-refractivity contribution in [1.82, 2.24) is 0 Å². The van der Waals surface area contributed by atoms with Gasteiger partial charge in [0.15, 0.2) is 0 Å². The number of aliphatic imine (C=N–C) groups is 1. The highest BCUT2D eigenvalue weighted by atomic mass is 16.5. The van der Waals surface area contributed by atoms with Gasteiger partial charge in [0.1, 0.15) is 11.5 Å². The SMILES string of the molecule is c1ccc(Oc2cccc(C3=NCCC3)c2)cc1. The maximum Gasteiger partial charge on any atom is 0.128 e. The predicted octanol–water partition coefficient (Wildman–Crippen LogP) is 4.06. The second kappa shape index (κ2) is 5.05. The number of rotatable bonds is 3. The average Bonchev–Trinajstić information content (AvgIpc) is 2.94.